The molecule has 0 aliphatic heterocycles. The second-order valence-electron chi connectivity index (χ2n) is 3.74. The molecule has 5 heteroatoms. The van der Waals surface area contributed by atoms with Gasteiger partial charge in [-0.3, -0.25) is 4.79 Å². The first-order valence-electron chi connectivity index (χ1n) is 5.80. The predicted molar refractivity (Wildman–Crippen MR) is 71.6 cm³/mol. The van der Waals surface area contributed by atoms with Crippen molar-refractivity contribution in [2.24, 2.45) is 0 Å². The predicted octanol–water partition coefficient (Wildman–Crippen LogP) is 1.40. The number of aliphatic hydroxyl groups excluding tert-OH is 1. The van der Waals surface area contributed by atoms with Crippen molar-refractivity contribution < 1.29 is 9.90 Å². The van der Waals surface area contributed by atoms with Crippen molar-refractivity contribution in [2.75, 3.05) is 11.9 Å². The Morgan fingerprint density at radius 3 is 3.11 bits per heavy atom. The van der Waals surface area contributed by atoms with Gasteiger partial charge >= 0.3 is 0 Å². The zero-order valence-electron chi connectivity index (χ0n) is 10.2. The second-order valence-corrected chi connectivity index (χ2v) is 3.74. The highest BCUT2D eigenvalue weighted by molar-refractivity contribution is 6.02. The molecule has 0 fully saturated rings. The third-order valence-electron chi connectivity index (χ3n) is 2.31. The molecule has 0 unspecified atom stereocenters. The Hall–Kier alpha value is -2.58. The molecule has 19 heavy (non-hydrogen) atoms. The summed E-state index contributed by atoms with van der Waals surface area (Å²) in [6.45, 7) is 0.0362. The Bertz CT molecular complexity index is 609. The van der Waals surface area contributed by atoms with Gasteiger partial charge in [0.05, 0.1) is 6.61 Å². The Labute approximate surface area is 110 Å². The van der Waals surface area contributed by atoms with Crippen molar-refractivity contribution >= 4 is 11.7 Å². The Morgan fingerprint density at radius 2 is 2.37 bits per heavy atom. The normalized spacial score (nSPS) is 9.53. The van der Waals surface area contributed by atoms with Gasteiger partial charge in [0, 0.05) is 24.4 Å². The van der Waals surface area contributed by atoms with Crippen molar-refractivity contribution in [1.82, 2.24) is 9.97 Å². The monoisotopic (exact) mass is 255 g/mol. The van der Waals surface area contributed by atoms with Crippen LogP contribution < -0.4 is 5.32 Å². The number of aromatic amines is 1. The van der Waals surface area contributed by atoms with Crippen molar-refractivity contribution in [3.63, 3.8) is 0 Å². The molecule has 3 N–H and O–H groups in total. The van der Waals surface area contributed by atoms with Gasteiger partial charge in [0.2, 0.25) is 0 Å². The van der Waals surface area contributed by atoms with Crippen LogP contribution in [0.3, 0.4) is 0 Å². The van der Waals surface area contributed by atoms with E-state index < -0.39 is 0 Å². The lowest BCUT2D eigenvalue weighted by Gasteiger charge is -2.02. The minimum absolute atomic E-state index is 0.0362. The number of hydrogen-bond donors (Lipinski definition) is 3. The number of hydrogen-bond acceptors (Lipinski definition) is 3. The summed E-state index contributed by atoms with van der Waals surface area (Å²) < 4.78 is 0. The number of anilines is 1. The standard InChI is InChI=1S/C14H13N3O2/c18-9-2-1-4-11-6-8-16-13(10-11)17-14(19)12-5-3-7-15-12/h3,5-8,10,15,18H,2,9H2,(H,16,17,19). The van der Waals surface area contributed by atoms with Gasteiger partial charge in [0.25, 0.3) is 5.91 Å². The molecule has 0 saturated carbocycles. The van der Waals surface area contributed by atoms with Crippen LogP contribution >= 0.6 is 0 Å². The number of H-pyrrole nitrogens is 1. The van der Waals surface area contributed by atoms with Crippen LogP contribution in [0.4, 0.5) is 5.82 Å². The second kappa shape index (κ2) is 6.38. The van der Waals surface area contributed by atoms with Crippen LogP contribution in [-0.2, 0) is 0 Å². The van der Waals surface area contributed by atoms with Gasteiger partial charge in [0.15, 0.2) is 0 Å². The molecule has 0 aliphatic rings. The summed E-state index contributed by atoms with van der Waals surface area (Å²) in [7, 11) is 0. The molecule has 0 aromatic carbocycles. The highest BCUT2D eigenvalue weighted by Gasteiger charge is 2.06. The van der Waals surface area contributed by atoms with Crippen molar-refractivity contribution in [2.45, 2.75) is 6.42 Å². The first kappa shape index (κ1) is 12.9. The molecule has 5 nitrogen and oxygen atoms in total. The summed E-state index contributed by atoms with van der Waals surface area (Å²) in [4.78, 5) is 18.7. The maximum atomic E-state index is 11.8. The van der Waals surface area contributed by atoms with Gasteiger partial charge in [-0.1, -0.05) is 11.8 Å². The quantitative estimate of drug-likeness (QED) is 0.725. The van der Waals surface area contributed by atoms with Gasteiger partial charge in [-0.2, -0.15) is 0 Å². The molecule has 1 amide bonds. The minimum Gasteiger partial charge on any atom is -0.395 e. The largest absolute Gasteiger partial charge is 0.395 e. The number of aliphatic hydroxyl groups is 1. The molecular formula is C14H13N3O2. The van der Waals surface area contributed by atoms with E-state index in [4.69, 9.17) is 5.11 Å². The highest BCUT2D eigenvalue weighted by Crippen LogP contribution is 2.07. The topological polar surface area (TPSA) is 78.0 Å². The fourth-order valence-electron chi connectivity index (χ4n) is 1.45. The van der Waals surface area contributed by atoms with Crippen molar-refractivity contribution in [3.05, 3.63) is 47.9 Å². The number of nitrogens with one attached hydrogen (secondary N) is 2. The van der Waals surface area contributed by atoms with Crippen LogP contribution in [0.5, 0.6) is 0 Å². The van der Waals surface area contributed by atoms with Gasteiger partial charge in [-0.15, -0.1) is 0 Å². The van der Waals surface area contributed by atoms with Crippen LogP contribution in [0.1, 0.15) is 22.5 Å². The highest BCUT2D eigenvalue weighted by atomic mass is 16.2. The summed E-state index contributed by atoms with van der Waals surface area (Å²) in [5, 5.41) is 11.3. The number of amides is 1. The van der Waals surface area contributed by atoms with Crippen LogP contribution in [0, 0.1) is 11.8 Å². The molecule has 0 aliphatic carbocycles. The summed E-state index contributed by atoms with van der Waals surface area (Å²) in [6, 6.07) is 6.86. The lowest BCUT2D eigenvalue weighted by Crippen LogP contribution is -2.13. The number of rotatable bonds is 3. The zero-order chi connectivity index (χ0) is 13.5. The molecule has 0 atom stereocenters. The van der Waals surface area contributed by atoms with E-state index in [0.717, 1.165) is 5.56 Å². The van der Waals surface area contributed by atoms with E-state index in [2.05, 4.69) is 27.1 Å². The van der Waals surface area contributed by atoms with E-state index in [-0.39, 0.29) is 12.5 Å². The molecule has 96 valence electrons. The van der Waals surface area contributed by atoms with Gasteiger partial charge < -0.3 is 15.4 Å². The molecule has 0 saturated heterocycles. The third kappa shape index (κ3) is 3.69. The van der Waals surface area contributed by atoms with Crippen molar-refractivity contribution in [3.8, 4) is 11.8 Å². The molecule has 2 aromatic heterocycles. The zero-order valence-corrected chi connectivity index (χ0v) is 10.2. The SMILES string of the molecule is O=C(Nc1cc(C#CCCO)ccn1)c1ccc[nH]1. The lowest BCUT2D eigenvalue weighted by atomic mass is 10.2. The van der Waals surface area contributed by atoms with Crippen LogP contribution in [0.15, 0.2) is 36.7 Å². The molecule has 2 rings (SSSR count). The number of nitrogens with zero attached hydrogens (tertiary/aromatic N) is 1. The fourth-order valence-corrected chi connectivity index (χ4v) is 1.45. The molecule has 0 bridgehead atoms. The maximum absolute atomic E-state index is 11.8. The van der Waals surface area contributed by atoms with E-state index in [1.54, 1.807) is 36.7 Å². The maximum Gasteiger partial charge on any atom is 0.273 e. The van der Waals surface area contributed by atoms with E-state index in [1.807, 2.05) is 0 Å². The molecule has 0 spiro atoms. The fraction of sp³-hybridized carbons (Fsp3) is 0.143. The molecule has 0 radical (unpaired) electrons. The Balaban J connectivity index is 2.07. The summed E-state index contributed by atoms with van der Waals surface area (Å²) in [5.74, 6) is 5.89. The van der Waals surface area contributed by atoms with E-state index in [0.29, 0.717) is 17.9 Å². The number of carbonyl (C=O) groups is 1. The average Bonchev–Trinajstić information content (AvgIpc) is 2.93. The Morgan fingerprint density at radius 1 is 1.47 bits per heavy atom. The first-order chi connectivity index (χ1) is 9.29. The van der Waals surface area contributed by atoms with E-state index >= 15 is 0 Å². The lowest BCUT2D eigenvalue weighted by molar-refractivity contribution is 0.102. The van der Waals surface area contributed by atoms with E-state index in [1.165, 1.54) is 0 Å². The number of pyridine rings is 1. The van der Waals surface area contributed by atoms with Crippen LogP contribution in [0.25, 0.3) is 0 Å². The van der Waals surface area contributed by atoms with Gasteiger partial charge in [0.1, 0.15) is 11.5 Å². The summed E-state index contributed by atoms with van der Waals surface area (Å²) in [6.07, 6.45) is 3.68. The summed E-state index contributed by atoms with van der Waals surface area (Å²) >= 11 is 0. The average molecular weight is 255 g/mol. The number of aromatic nitrogens is 2. The van der Waals surface area contributed by atoms with Gasteiger partial charge in [-0.05, 0) is 24.3 Å². The number of carbonyl (C=O) groups excluding carboxylic acids is 1. The molecule has 2 aromatic rings. The Kier molecular flexibility index (Phi) is 4.32. The third-order valence-corrected chi connectivity index (χ3v) is 2.31. The van der Waals surface area contributed by atoms with E-state index in [9.17, 15) is 4.79 Å². The van der Waals surface area contributed by atoms with Crippen LogP contribution in [-0.4, -0.2) is 27.6 Å². The van der Waals surface area contributed by atoms with Crippen LogP contribution in [0.2, 0.25) is 0 Å². The molecular weight excluding hydrogens is 242 g/mol. The minimum atomic E-state index is -0.252. The van der Waals surface area contributed by atoms with Crippen molar-refractivity contribution in [1.29, 1.82) is 0 Å². The smallest absolute Gasteiger partial charge is 0.273 e. The van der Waals surface area contributed by atoms with Gasteiger partial charge in [-0.25, -0.2) is 4.98 Å². The first-order valence-corrected chi connectivity index (χ1v) is 5.80. The summed E-state index contributed by atoms with van der Waals surface area (Å²) in [5.41, 5.74) is 1.21. The molecule has 2 heterocycles.